The number of carbonyl (C=O) groups is 2. The van der Waals surface area contributed by atoms with Gasteiger partial charge >= 0.3 is 6.03 Å². The fraction of sp³-hybridized carbons (Fsp3) is 0.579. The average molecular weight is 426 g/mol. The van der Waals surface area contributed by atoms with Gasteiger partial charge in [-0.15, -0.1) is 0 Å². The number of carbonyl (C=O) groups excluding carboxylic acids is 2. The largest absolute Gasteiger partial charge is 0.342 e. The maximum Gasteiger partial charge on any atom is 0.319 e. The number of likely N-dealkylation sites (tertiary alicyclic amines) is 1. The summed E-state index contributed by atoms with van der Waals surface area (Å²) in [4.78, 5) is 26.6. The Hall–Kier alpha value is -1.63. The van der Waals surface area contributed by atoms with Crippen LogP contribution in [-0.2, 0) is 4.79 Å². The molecule has 1 heterocycles. The van der Waals surface area contributed by atoms with E-state index >= 15 is 0 Å². The van der Waals surface area contributed by atoms with Gasteiger partial charge in [-0.3, -0.25) is 4.79 Å². The summed E-state index contributed by atoms with van der Waals surface area (Å²) >= 11 is 3.26. The lowest BCUT2D eigenvalue weighted by Crippen LogP contribution is -2.49. The Morgan fingerprint density at radius 2 is 1.77 bits per heavy atom. The molecule has 3 rings (SSSR count). The second-order valence-corrected chi connectivity index (χ2v) is 8.07. The summed E-state index contributed by atoms with van der Waals surface area (Å²) in [7, 11) is 0. The first-order valence-corrected chi connectivity index (χ1v) is 10.1. The number of benzene rings is 1. The summed E-state index contributed by atoms with van der Waals surface area (Å²) in [6.07, 6.45) is 7.03. The van der Waals surface area contributed by atoms with E-state index in [4.69, 9.17) is 0 Å². The third-order valence-electron chi connectivity index (χ3n) is 5.27. The smallest absolute Gasteiger partial charge is 0.319 e. The molecule has 1 aliphatic heterocycles. The zero-order chi connectivity index (χ0) is 18.5. The monoisotopic (exact) mass is 425 g/mol. The van der Waals surface area contributed by atoms with E-state index < -0.39 is 11.8 Å². The number of amides is 3. The molecule has 0 atom stereocenters. The van der Waals surface area contributed by atoms with Crippen LogP contribution in [0.3, 0.4) is 0 Å². The van der Waals surface area contributed by atoms with Crippen molar-refractivity contribution in [2.45, 2.75) is 51.0 Å². The van der Waals surface area contributed by atoms with Crippen LogP contribution in [0.4, 0.5) is 14.9 Å². The molecule has 0 unspecified atom stereocenters. The second kappa shape index (κ2) is 8.84. The SMILES string of the molecule is O=C(Nc1cc(Br)ccc1F)NC1CCN(C(=O)C2CCCCC2)CC1. The molecule has 7 heteroatoms. The molecule has 142 valence electrons. The summed E-state index contributed by atoms with van der Waals surface area (Å²) in [5, 5.41) is 5.43. The summed E-state index contributed by atoms with van der Waals surface area (Å²) < 4.78 is 14.4. The van der Waals surface area contributed by atoms with Gasteiger partial charge in [0.15, 0.2) is 0 Å². The molecule has 0 aromatic heterocycles. The van der Waals surface area contributed by atoms with Crippen LogP contribution in [0.2, 0.25) is 0 Å². The van der Waals surface area contributed by atoms with Gasteiger partial charge in [-0.25, -0.2) is 9.18 Å². The topological polar surface area (TPSA) is 61.4 Å². The Bertz CT molecular complexity index is 656. The summed E-state index contributed by atoms with van der Waals surface area (Å²) in [6, 6.07) is 3.99. The fourth-order valence-corrected chi connectivity index (χ4v) is 4.15. The minimum Gasteiger partial charge on any atom is -0.342 e. The van der Waals surface area contributed by atoms with E-state index in [9.17, 15) is 14.0 Å². The standard InChI is InChI=1S/C19H25BrFN3O2/c20-14-6-7-16(21)17(12-14)23-19(26)22-15-8-10-24(11-9-15)18(25)13-4-2-1-3-5-13/h6-7,12-13,15H,1-5,8-11H2,(H2,22,23,26). The molecule has 26 heavy (non-hydrogen) atoms. The molecule has 1 aromatic rings. The quantitative estimate of drug-likeness (QED) is 0.758. The van der Waals surface area contributed by atoms with Crippen molar-refractivity contribution in [2.24, 2.45) is 5.92 Å². The molecular weight excluding hydrogens is 401 g/mol. The number of nitrogens with zero attached hydrogens (tertiary/aromatic N) is 1. The first-order chi connectivity index (χ1) is 12.5. The Labute approximate surface area is 161 Å². The molecule has 0 spiro atoms. The normalized spacial score (nSPS) is 19.2. The molecule has 2 aliphatic rings. The molecule has 5 nitrogen and oxygen atoms in total. The summed E-state index contributed by atoms with van der Waals surface area (Å²) in [5.74, 6) is -0.00360. The highest BCUT2D eigenvalue weighted by Gasteiger charge is 2.29. The number of halogens is 2. The number of nitrogens with one attached hydrogen (secondary N) is 2. The van der Waals surface area contributed by atoms with E-state index in [2.05, 4.69) is 26.6 Å². The number of hydrogen-bond donors (Lipinski definition) is 2. The molecule has 0 radical (unpaired) electrons. The van der Waals surface area contributed by atoms with Gasteiger partial charge in [0.2, 0.25) is 5.91 Å². The van der Waals surface area contributed by atoms with Gasteiger partial charge < -0.3 is 15.5 Å². The highest BCUT2D eigenvalue weighted by atomic mass is 79.9. The van der Waals surface area contributed by atoms with Gasteiger partial charge in [0.25, 0.3) is 0 Å². The summed E-state index contributed by atoms with van der Waals surface area (Å²) in [5.41, 5.74) is 0.141. The lowest BCUT2D eigenvalue weighted by atomic mass is 9.87. The fourth-order valence-electron chi connectivity index (χ4n) is 3.79. The van der Waals surface area contributed by atoms with Crippen molar-refractivity contribution in [3.05, 3.63) is 28.5 Å². The number of hydrogen-bond acceptors (Lipinski definition) is 2. The number of piperidine rings is 1. The number of urea groups is 1. The highest BCUT2D eigenvalue weighted by molar-refractivity contribution is 9.10. The molecule has 1 aliphatic carbocycles. The zero-order valence-corrected chi connectivity index (χ0v) is 16.4. The van der Waals surface area contributed by atoms with Crippen molar-refractivity contribution >= 4 is 33.6 Å². The van der Waals surface area contributed by atoms with Crippen LogP contribution in [0, 0.1) is 11.7 Å². The molecule has 2 N–H and O–H groups in total. The third-order valence-corrected chi connectivity index (χ3v) is 5.77. The predicted octanol–water partition coefficient (Wildman–Crippen LogP) is 4.28. The predicted molar refractivity (Wildman–Crippen MR) is 102 cm³/mol. The van der Waals surface area contributed by atoms with Gasteiger partial charge in [-0.05, 0) is 43.9 Å². The molecule has 3 amide bonds. The number of anilines is 1. The van der Waals surface area contributed by atoms with E-state index in [0.717, 1.165) is 38.5 Å². The maximum absolute atomic E-state index is 13.7. The van der Waals surface area contributed by atoms with Crippen LogP contribution in [0.15, 0.2) is 22.7 Å². The van der Waals surface area contributed by atoms with Crippen LogP contribution in [-0.4, -0.2) is 36.0 Å². The first kappa shape index (κ1) is 19.1. The average Bonchev–Trinajstić information content (AvgIpc) is 2.65. The molecule has 2 fully saturated rings. The van der Waals surface area contributed by atoms with E-state index in [1.165, 1.54) is 18.6 Å². The van der Waals surface area contributed by atoms with Crippen molar-refractivity contribution in [3.8, 4) is 0 Å². The van der Waals surface area contributed by atoms with Crippen LogP contribution >= 0.6 is 15.9 Å². The van der Waals surface area contributed by atoms with Gasteiger partial charge in [-0.1, -0.05) is 35.2 Å². The van der Waals surface area contributed by atoms with E-state index in [0.29, 0.717) is 17.6 Å². The highest BCUT2D eigenvalue weighted by Crippen LogP contribution is 2.26. The minimum absolute atomic E-state index is 0.000574. The minimum atomic E-state index is -0.476. The maximum atomic E-state index is 13.7. The lowest BCUT2D eigenvalue weighted by Gasteiger charge is -2.35. The third kappa shape index (κ3) is 4.96. The van der Waals surface area contributed by atoms with Crippen molar-refractivity contribution in [1.29, 1.82) is 0 Å². The molecule has 0 bridgehead atoms. The molecule has 1 saturated heterocycles. The Kier molecular flexibility index (Phi) is 6.51. The van der Waals surface area contributed by atoms with Crippen molar-refractivity contribution in [2.75, 3.05) is 18.4 Å². The Morgan fingerprint density at radius 3 is 2.46 bits per heavy atom. The van der Waals surface area contributed by atoms with Crippen LogP contribution in [0.1, 0.15) is 44.9 Å². The number of rotatable bonds is 3. The van der Waals surface area contributed by atoms with Crippen molar-refractivity contribution in [3.63, 3.8) is 0 Å². The van der Waals surface area contributed by atoms with Crippen molar-refractivity contribution in [1.82, 2.24) is 10.2 Å². The van der Waals surface area contributed by atoms with E-state index in [1.807, 2.05) is 4.90 Å². The van der Waals surface area contributed by atoms with Crippen LogP contribution in [0.25, 0.3) is 0 Å². The molecular formula is C19H25BrFN3O2. The van der Waals surface area contributed by atoms with Gasteiger partial charge in [0.1, 0.15) is 5.82 Å². The Balaban J connectivity index is 1.45. The van der Waals surface area contributed by atoms with Crippen LogP contribution < -0.4 is 10.6 Å². The van der Waals surface area contributed by atoms with E-state index in [1.54, 1.807) is 6.07 Å². The van der Waals surface area contributed by atoms with E-state index in [-0.39, 0.29) is 23.6 Å². The van der Waals surface area contributed by atoms with Crippen LogP contribution in [0.5, 0.6) is 0 Å². The van der Waals surface area contributed by atoms with Crippen molar-refractivity contribution < 1.29 is 14.0 Å². The lowest BCUT2D eigenvalue weighted by molar-refractivity contribution is -0.137. The Morgan fingerprint density at radius 1 is 1.08 bits per heavy atom. The molecule has 1 saturated carbocycles. The first-order valence-electron chi connectivity index (χ1n) is 9.34. The van der Waals surface area contributed by atoms with Gasteiger partial charge in [0, 0.05) is 29.5 Å². The summed E-state index contributed by atoms with van der Waals surface area (Å²) in [6.45, 7) is 1.34. The zero-order valence-electron chi connectivity index (χ0n) is 14.8. The molecule has 1 aromatic carbocycles. The van der Waals surface area contributed by atoms with Gasteiger partial charge in [-0.2, -0.15) is 0 Å². The second-order valence-electron chi connectivity index (χ2n) is 7.16. The van der Waals surface area contributed by atoms with Gasteiger partial charge in [0.05, 0.1) is 5.69 Å².